The van der Waals surface area contributed by atoms with E-state index in [-0.39, 0.29) is 0 Å². The largest absolute Gasteiger partial charge is 0.424 e. The molecule has 1 unspecified atom stereocenters. The molecule has 0 aliphatic heterocycles. The maximum Gasteiger partial charge on any atom is 0.343 e. The Balaban J connectivity index is 1.65. The highest BCUT2D eigenvalue weighted by Gasteiger charge is 2.26. The number of rotatable bonds is 4. The van der Waals surface area contributed by atoms with E-state index in [1.54, 1.807) is 23.1 Å². The second-order valence-electron chi connectivity index (χ2n) is 8.21. The Morgan fingerprint density at radius 1 is 0.914 bits per heavy atom. The summed E-state index contributed by atoms with van der Waals surface area (Å²) in [6.07, 6.45) is 4.82. The molecule has 0 radical (unpaired) electrons. The minimum Gasteiger partial charge on any atom is -0.424 e. The number of nitrogens with two attached hydrogens (primary N) is 1. The van der Waals surface area contributed by atoms with E-state index >= 15 is 0 Å². The molecule has 2 aromatic carbocycles. The van der Waals surface area contributed by atoms with Gasteiger partial charge in [-0.15, -0.1) is 0 Å². The molecule has 0 spiro atoms. The van der Waals surface area contributed by atoms with Crippen molar-refractivity contribution in [2.45, 2.75) is 13.0 Å². The summed E-state index contributed by atoms with van der Waals surface area (Å²) in [5.74, 6) is 0.801. The molecular weight excluding hydrogens is 440 g/mol. The molecule has 170 valence electrons. The third-order valence-electron chi connectivity index (χ3n) is 6.13. The van der Waals surface area contributed by atoms with Crippen LogP contribution in [-0.4, -0.2) is 24.7 Å². The van der Waals surface area contributed by atoms with Gasteiger partial charge in [-0.1, -0.05) is 48.5 Å². The third kappa shape index (κ3) is 3.34. The van der Waals surface area contributed by atoms with E-state index in [2.05, 4.69) is 15.0 Å². The lowest BCUT2D eigenvalue weighted by molar-refractivity contribution is 0.405. The van der Waals surface area contributed by atoms with Crippen LogP contribution in [-0.2, 0) is 0 Å². The quantitative estimate of drug-likeness (QED) is 0.400. The zero-order valence-electron chi connectivity index (χ0n) is 18.8. The van der Waals surface area contributed by atoms with Crippen LogP contribution in [0.15, 0.2) is 94.7 Å². The molecule has 35 heavy (non-hydrogen) atoms. The molecule has 0 aliphatic carbocycles. The van der Waals surface area contributed by atoms with Crippen LogP contribution in [0.1, 0.15) is 18.7 Å². The average molecular weight is 460 g/mol. The highest BCUT2D eigenvalue weighted by atomic mass is 16.4. The normalized spacial score (nSPS) is 12.3. The van der Waals surface area contributed by atoms with Crippen molar-refractivity contribution in [2.75, 3.05) is 5.73 Å². The van der Waals surface area contributed by atoms with Crippen LogP contribution >= 0.6 is 0 Å². The summed E-state index contributed by atoms with van der Waals surface area (Å²) >= 11 is 0. The number of hydrogen-bond donors (Lipinski definition) is 1. The molecule has 4 heterocycles. The Labute approximate surface area is 199 Å². The Kier molecular flexibility index (Phi) is 4.84. The maximum absolute atomic E-state index is 13.0. The average Bonchev–Trinajstić information content (AvgIpc) is 3.30. The fraction of sp³-hybridized carbons (Fsp3) is 0.0741. The van der Waals surface area contributed by atoms with Crippen LogP contribution in [0.25, 0.3) is 44.2 Å². The molecular formula is C27H20N6O2. The van der Waals surface area contributed by atoms with Gasteiger partial charge in [-0.2, -0.15) is 5.10 Å². The molecule has 6 rings (SSSR count). The summed E-state index contributed by atoms with van der Waals surface area (Å²) in [5, 5.41) is 6.83. The van der Waals surface area contributed by atoms with E-state index in [1.165, 1.54) is 6.33 Å². The van der Waals surface area contributed by atoms with Gasteiger partial charge in [0.05, 0.1) is 10.8 Å². The fourth-order valence-electron chi connectivity index (χ4n) is 4.50. The summed E-state index contributed by atoms with van der Waals surface area (Å²) in [5.41, 5.74) is 9.58. The molecule has 4 aromatic heterocycles. The molecule has 1 atom stereocenters. The number of hydrogen-bond acceptors (Lipinski definition) is 7. The van der Waals surface area contributed by atoms with E-state index in [1.807, 2.05) is 67.6 Å². The van der Waals surface area contributed by atoms with Gasteiger partial charge >= 0.3 is 5.63 Å². The van der Waals surface area contributed by atoms with Crippen LogP contribution in [0.2, 0.25) is 0 Å². The van der Waals surface area contributed by atoms with Gasteiger partial charge in [-0.25, -0.2) is 19.4 Å². The lowest BCUT2D eigenvalue weighted by Gasteiger charge is -2.18. The molecule has 0 saturated carbocycles. The summed E-state index contributed by atoms with van der Waals surface area (Å²) in [6, 6.07) is 20.6. The fourth-order valence-corrected chi connectivity index (χ4v) is 4.50. The summed E-state index contributed by atoms with van der Waals surface area (Å²) in [4.78, 5) is 25.9. The van der Waals surface area contributed by atoms with E-state index in [4.69, 9.17) is 15.2 Å². The second kappa shape index (κ2) is 8.18. The zero-order valence-corrected chi connectivity index (χ0v) is 18.8. The standard InChI is InChI=1S/C27H20N6O2/c1-16(33-26-22(25(28)30-15-31-26)23(32-33)18-10-7-13-29-14-18)24-21(17-8-3-2-4-9-17)19-11-5-6-12-20(19)27(34)35-24/h2-16H,1H3,(H2,28,30,31). The van der Waals surface area contributed by atoms with Crippen molar-refractivity contribution in [3.63, 3.8) is 0 Å². The van der Waals surface area contributed by atoms with Gasteiger partial charge in [-0.05, 0) is 30.7 Å². The van der Waals surface area contributed by atoms with Crippen molar-refractivity contribution < 1.29 is 4.42 Å². The monoisotopic (exact) mass is 460 g/mol. The van der Waals surface area contributed by atoms with Crippen molar-refractivity contribution in [1.82, 2.24) is 24.7 Å². The summed E-state index contributed by atoms with van der Waals surface area (Å²) in [6.45, 7) is 1.93. The number of anilines is 1. The zero-order chi connectivity index (χ0) is 23.9. The van der Waals surface area contributed by atoms with Crippen LogP contribution in [0.4, 0.5) is 5.82 Å². The highest BCUT2D eigenvalue weighted by molar-refractivity contribution is 5.99. The third-order valence-corrected chi connectivity index (χ3v) is 6.13. The van der Waals surface area contributed by atoms with Crippen molar-refractivity contribution in [3.8, 4) is 22.4 Å². The van der Waals surface area contributed by atoms with E-state index in [0.29, 0.717) is 33.7 Å². The molecule has 0 bridgehead atoms. The number of nitrogen functional groups attached to an aromatic ring is 1. The van der Waals surface area contributed by atoms with Crippen LogP contribution in [0.3, 0.4) is 0 Å². The smallest absolute Gasteiger partial charge is 0.343 e. The SMILES string of the molecule is CC(c1oc(=O)c2ccccc2c1-c1ccccc1)n1nc(-c2cccnc2)c2c(N)ncnc21. The Morgan fingerprint density at radius 3 is 2.43 bits per heavy atom. The first-order chi connectivity index (χ1) is 17.1. The summed E-state index contributed by atoms with van der Waals surface area (Å²) in [7, 11) is 0. The first kappa shape index (κ1) is 20.7. The molecule has 0 amide bonds. The Bertz CT molecular complexity index is 1740. The molecule has 8 heteroatoms. The van der Waals surface area contributed by atoms with E-state index in [0.717, 1.165) is 22.1 Å². The van der Waals surface area contributed by atoms with Gasteiger partial charge in [0.2, 0.25) is 0 Å². The Morgan fingerprint density at radius 2 is 1.66 bits per heavy atom. The van der Waals surface area contributed by atoms with Gasteiger partial charge in [0.1, 0.15) is 29.6 Å². The molecule has 2 N–H and O–H groups in total. The van der Waals surface area contributed by atoms with Gasteiger partial charge in [0, 0.05) is 28.9 Å². The van der Waals surface area contributed by atoms with E-state index < -0.39 is 11.7 Å². The van der Waals surface area contributed by atoms with Crippen molar-refractivity contribution in [3.05, 3.63) is 102 Å². The predicted octanol–water partition coefficient (Wildman–Crippen LogP) is 4.85. The van der Waals surface area contributed by atoms with Crippen molar-refractivity contribution >= 4 is 27.6 Å². The first-order valence-electron chi connectivity index (χ1n) is 11.1. The van der Waals surface area contributed by atoms with Gasteiger partial charge < -0.3 is 10.2 Å². The van der Waals surface area contributed by atoms with E-state index in [9.17, 15) is 4.79 Å². The number of pyridine rings is 1. The lowest BCUT2D eigenvalue weighted by atomic mass is 9.96. The number of aromatic nitrogens is 5. The topological polar surface area (TPSA) is 113 Å². The molecule has 0 saturated heterocycles. The second-order valence-corrected chi connectivity index (χ2v) is 8.21. The Hall–Kier alpha value is -4.85. The minimum absolute atomic E-state index is 0.315. The van der Waals surface area contributed by atoms with Crippen molar-refractivity contribution in [1.29, 1.82) is 0 Å². The lowest BCUT2D eigenvalue weighted by Crippen LogP contribution is -2.14. The number of benzene rings is 2. The molecule has 8 nitrogen and oxygen atoms in total. The van der Waals surface area contributed by atoms with Crippen LogP contribution < -0.4 is 11.4 Å². The minimum atomic E-state index is -0.482. The molecule has 0 fully saturated rings. The van der Waals surface area contributed by atoms with Crippen LogP contribution in [0.5, 0.6) is 0 Å². The summed E-state index contributed by atoms with van der Waals surface area (Å²) < 4.78 is 7.71. The van der Waals surface area contributed by atoms with Gasteiger partial charge in [0.25, 0.3) is 0 Å². The van der Waals surface area contributed by atoms with Crippen LogP contribution in [0, 0.1) is 0 Å². The van der Waals surface area contributed by atoms with Gasteiger partial charge in [0.15, 0.2) is 5.65 Å². The number of nitrogens with zero attached hydrogens (tertiary/aromatic N) is 5. The predicted molar refractivity (Wildman–Crippen MR) is 135 cm³/mol. The molecule has 6 aromatic rings. The first-order valence-corrected chi connectivity index (χ1v) is 11.1. The van der Waals surface area contributed by atoms with Crippen molar-refractivity contribution in [2.24, 2.45) is 0 Å². The number of fused-ring (bicyclic) bond motifs is 2. The maximum atomic E-state index is 13.0. The molecule has 0 aliphatic rings. The highest BCUT2D eigenvalue weighted by Crippen LogP contribution is 2.38. The van der Waals surface area contributed by atoms with Gasteiger partial charge in [-0.3, -0.25) is 4.98 Å².